The number of sulfonamides is 1. The van der Waals surface area contributed by atoms with Crippen LogP contribution in [0.4, 0.5) is 5.69 Å². The van der Waals surface area contributed by atoms with E-state index in [0.717, 1.165) is 38.8 Å². The largest absolute Gasteiger partial charge is 0.377 e. The first kappa shape index (κ1) is 48.0. The van der Waals surface area contributed by atoms with E-state index >= 15 is 0 Å². The lowest BCUT2D eigenvalue weighted by Gasteiger charge is -2.13. The van der Waals surface area contributed by atoms with Crippen LogP contribution in [-0.4, -0.2) is 112 Å². The number of aromatic nitrogens is 4. The summed E-state index contributed by atoms with van der Waals surface area (Å²) in [6.07, 6.45) is 1.62. The number of halogens is 1. The van der Waals surface area contributed by atoms with Crippen molar-refractivity contribution in [3.8, 4) is 11.1 Å². The minimum absolute atomic E-state index is 0.0818. The molecule has 0 saturated heterocycles. The van der Waals surface area contributed by atoms with E-state index < -0.39 is 22.0 Å². The smallest absolute Gasteiger partial charge is 0.261 e. The SMILES string of the molecule is Cc1sc2c(c1C)C(c1ccc(Cl)cc1)=N[C@@H](CC(=O)NCCOCCOCCOCCOCCNC(=O)c1cccc(S(=O)(=O)Nc3ccc(C)c4c(C#N)c[nH]c34)c1)c1nnc(C)n1-2. The summed E-state index contributed by atoms with van der Waals surface area (Å²) < 4.78 is 53.5. The van der Waals surface area contributed by atoms with E-state index in [-0.39, 0.29) is 41.6 Å². The third kappa shape index (κ3) is 11.3. The standard InChI is InChI=1S/C46H50ClN9O8S2/c1-28-8-13-37(43-40(28)34(26-48)27-51-43)55-66(59,60)36-7-5-6-33(24-36)45(58)50-15-17-62-19-21-64-23-22-63-20-18-61-16-14-49-39(57)25-38-44-54-53-31(4)56(44)46-41(29(2)30(3)65-46)42(52-38)32-9-11-35(47)12-10-32/h5-13,24,27,38,51,55H,14-23,25H2,1-4H3,(H,49,57)(H,50,58)/t38-/m0/s1. The third-order valence-corrected chi connectivity index (χ3v) is 13.6. The molecule has 20 heteroatoms. The molecule has 4 N–H and O–H groups in total. The van der Waals surface area contributed by atoms with E-state index in [4.69, 9.17) is 35.5 Å². The number of fused-ring (bicyclic) bond motifs is 4. The minimum Gasteiger partial charge on any atom is -0.377 e. The molecule has 1 aliphatic heterocycles. The highest BCUT2D eigenvalue weighted by Crippen LogP contribution is 2.39. The number of H-pyrrole nitrogens is 1. The van der Waals surface area contributed by atoms with Crippen molar-refractivity contribution in [3.63, 3.8) is 0 Å². The van der Waals surface area contributed by atoms with E-state index in [1.807, 2.05) is 42.7 Å². The number of hydrogen-bond donors (Lipinski definition) is 4. The van der Waals surface area contributed by atoms with Crippen LogP contribution in [0.25, 0.3) is 15.9 Å². The summed E-state index contributed by atoms with van der Waals surface area (Å²) in [6, 6.07) is 18.2. The lowest BCUT2D eigenvalue weighted by atomic mass is 9.99. The average molecular weight is 957 g/mol. The molecule has 0 spiro atoms. The molecule has 346 valence electrons. The Morgan fingerprint density at radius 1 is 0.879 bits per heavy atom. The number of hydrogen-bond acceptors (Lipinski definition) is 13. The van der Waals surface area contributed by atoms with Crippen LogP contribution < -0.4 is 15.4 Å². The Kier molecular flexibility index (Phi) is 16.0. The van der Waals surface area contributed by atoms with Gasteiger partial charge in [0, 0.05) is 51.3 Å². The van der Waals surface area contributed by atoms with E-state index in [1.54, 1.807) is 23.5 Å². The van der Waals surface area contributed by atoms with Crippen LogP contribution in [0.3, 0.4) is 0 Å². The second-order valence-corrected chi connectivity index (χ2v) is 18.6. The zero-order valence-corrected chi connectivity index (χ0v) is 39.3. The summed E-state index contributed by atoms with van der Waals surface area (Å²) in [4.78, 5) is 35.2. The summed E-state index contributed by atoms with van der Waals surface area (Å²) >= 11 is 7.87. The second kappa shape index (κ2) is 22.0. The molecule has 2 amide bonds. The Morgan fingerprint density at radius 3 is 2.23 bits per heavy atom. The van der Waals surface area contributed by atoms with Crippen LogP contribution in [0.1, 0.15) is 67.2 Å². The van der Waals surface area contributed by atoms with Gasteiger partial charge in [-0.25, -0.2) is 8.42 Å². The monoisotopic (exact) mass is 955 g/mol. The van der Waals surface area contributed by atoms with Gasteiger partial charge < -0.3 is 34.6 Å². The van der Waals surface area contributed by atoms with Gasteiger partial charge in [-0.2, -0.15) is 5.26 Å². The molecule has 0 saturated carbocycles. The van der Waals surface area contributed by atoms with E-state index in [1.165, 1.54) is 35.3 Å². The normalized spacial score (nSPS) is 13.4. The Morgan fingerprint density at radius 2 is 1.55 bits per heavy atom. The van der Waals surface area contributed by atoms with Crippen LogP contribution in [0.15, 0.2) is 76.7 Å². The van der Waals surface area contributed by atoms with Crippen molar-refractivity contribution in [2.75, 3.05) is 70.7 Å². The van der Waals surface area contributed by atoms with E-state index in [9.17, 15) is 23.3 Å². The Hall–Kier alpha value is -5.98. The van der Waals surface area contributed by atoms with Crippen LogP contribution in [0, 0.1) is 39.0 Å². The minimum atomic E-state index is -4.06. The second-order valence-electron chi connectivity index (χ2n) is 15.3. The quantitative estimate of drug-likeness (QED) is 0.0556. The van der Waals surface area contributed by atoms with Gasteiger partial charge in [0.2, 0.25) is 5.91 Å². The molecule has 66 heavy (non-hydrogen) atoms. The fourth-order valence-electron chi connectivity index (χ4n) is 7.35. The van der Waals surface area contributed by atoms with Crippen molar-refractivity contribution < 1.29 is 37.0 Å². The Bertz CT molecular complexity index is 2890. The number of nitrogens with one attached hydrogen (secondary N) is 4. The maximum absolute atomic E-state index is 13.3. The number of aryl methyl sites for hydroxylation is 3. The molecule has 0 radical (unpaired) electrons. The molecule has 4 heterocycles. The number of anilines is 1. The number of rotatable bonds is 22. The number of nitriles is 1. The molecule has 0 unspecified atom stereocenters. The predicted molar refractivity (Wildman–Crippen MR) is 252 cm³/mol. The number of aliphatic imine (C=N–C) groups is 1. The maximum atomic E-state index is 13.3. The van der Waals surface area contributed by atoms with Crippen LogP contribution in [0.2, 0.25) is 5.02 Å². The van der Waals surface area contributed by atoms with Gasteiger partial charge in [-0.05, 0) is 75.2 Å². The number of carbonyl (C=O) groups is 2. The molecule has 3 aromatic carbocycles. The fraction of sp³-hybridized carbons (Fsp3) is 0.348. The fourth-order valence-corrected chi connectivity index (χ4v) is 9.80. The molecule has 0 bridgehead atoms. The van der Waals surface area contributed by atoms with Crippen LogP contribution >= 0.6 is 22.9 Å². The number of thiophene rings is 1. The first-order chi connectivity index (χ1) is 31.9. The van der Waals surface area contributed by atoms with Gasteiger partial charge in [0.1, 0.15) is 22.9 Å². The van der Waals surface area contributed by atoms with Gasteiger partial charge in [0.25, 0.3) is 15.9 Å². The highest BCUT2D eigenvalue weighted by Gasteiger charge is 2.32. The molecule has 0 fully saturated rings. The van der Waals surface area contributed by atoms with Crippen molar-refractivity contribution in [1.29, 1.82) is 5.26 Å². The predicted octanol–water partition coefficient (Wildman–Crippen LogP) is 6.26. The van der Waals surface area contributed by atoms with Gasteiger partial charge in [-0.1, -0.05) is 35.9 Å². The molecule has 1 aliphatic rings. The highest BCUT2D eigenvalue weighted by atomic mass is 35.5. The summed E-state index contributed by atoms with van der Waals surface area (Å²) in [5.74, 6) is 0.706. The number of benzene rings is 3. The number of aromatic amines is 1. The van der Waals surface area contributed by atoms with Crippen molar-refractivity contribution in [2.24, 2.45) is 4.99 Å². The summed E-state index contributed by atoms with van der Waals surface area (Å²) in [6.45, 7) is 11.0. The molecule has 6 aromatic rings. The van der Waals surface area contributed by atoms with Crippen LogP contribution in [0.5, 0.6) is 0 Å². The first-order valence-electron chi connectivity index (χ1n) is 21.2. The molecule has 0 aliphatic carbocycles. The van der Waals surface area contributed by atoms with E-state index in [2.05, 4.69) is 50.5 Å². The van der Waals surface area contributed by atoms with Crippen molar-refractivity contribution in [3.05, 3.63) is 122 Å². The van der Waals surface area contributed by atoms with Crippen molar-refractivity contribution in [2.45, 2.75) is 45.1 Å². The lowest BCUT2D eigenvalue weighted by molar-refractivity contribution is -0.121. The molecule has 7 rings (SSSR count). The molecule has 1 atom stereocenters. The van der Waals surface area contributed by atoms with Gasteiger partial charge >= 0.3 is 0 Å². The first-order valence-corrected chi connectivity index (χ1v) is 23.9. The van der Waals surface area contributed by atoms with Crippen LogP contribution in [-0.2, 0) is 33.8 Å². The van der Waals surface area contributed by atoms with Gasteiger partial charge in [0.15, 0.2) is 5.82 Å². The zero-order valence-electron chi connectivity index (χ0n) is 36.9. The molecule has 3 aromatic heterocycles. The summed E-state index contributed by atoms with van der Waals surface area (Å²) in [5, 5.41) is 26.2. The topological polar surface area (TPSA) is 224 Å². The summed E-state index contributed by atoms with van der Waals surface area (Å²) in [5.41, 5.74) is 6.02. The van der Waals surface area contributed by atoms with E-state index in [0.29, 0.717) is 80.1 Å². The molecular formula is C46H50ClN9O8S2. The Balaban J connectivity index is 0.739. The molecular weight excluding hydrogens is 906 g/mol. The van der Waals surface area contributed by atoms with Gasteiger partial charge in [0.05, 0.1) is 86.7 Å². The average Bonchev–Trinajstić information content (AvgIpc) is 3.98. The summed E-state index contributed by atoms with van der Waals surface area (Å²) in [7, 11) is -4.06. The number of amides is 2. The zero-order chi connectivity index (χ0) is 46.8. The highest BCUT2D eigenvalue weighted by molar-refractivity contribution is 7.92. The third-order valence-electron chi connectivity index (χ3n) is 10.8. The van der Waals surface area contributed by atoms with Gasteiger partial charge in [-0.15, -0.1) is 21.5 Å². The number of ether oxygens (including phenoxy) is 4. The lowest BCUT2D eigenvalue weighted by Crippen LogP contribution is -2.29. The van der Waals surface area contributed by atoms with Gasteiger partial charge in [-0.3, -0.25) is 23.9 Å². The number of carbonyl (C=O) groups excluding carboxylic acids is 2. The van der Waals surface area contributed by atoms with Crippen molar-refractivity contribution in [1.82, 2.24) is 30.4 Å². The maximum Gasteiger partial charge on any atom is 0.261 e. The molecule has 17 nitrogen and oxygen atoms in total. The Labute approximate surface area is 391 Å². The van der Waals surface area contributed by atoms with Crippen molar-refractivity contribution >= 4 is 67.1 Å². The number of nitrogens with zero attached hydrogens (tertiary/aromatic N) is 5.